The van der Waals surface area contributed by atoms with Crippen molar-refractivity contribution in [2.24, 2.45) is 16.1 Å². The first kappa shape index (κ1) is 21.4. The Labute approximate surface area is 201 Å². The number of nitrogens with one attached hydrogen (secondary N) is 1. The van der Waals surface area contributed by atoms with Gasteiger partial charge in [0.25, 0.3) is 0 Å². The van der Waals surface area contributed by atoms with Gasteiger partial charge in [0.05, 0.1) is 5.69 Å². The largest absolute Gasteiger partial charge is 0.611 e. The highest BCUT2D eigenvalue weighted by atomic mass is 32.2. The van der Waals surface area contributed by atoms with Gasteiger partial charge < -0.3 is 19.3 Å². The number of hydrogen-bond donors (Lipinski definition) is 1. The number of pyridine rings is 1. The average Bonchev–Trinajstić information content (AvgIpc) is 3.20. The molecule has 1 unspecified atom stereocenters. The number of piperidine rings is 1. The van der Waals surface area contributed by atoms with E-state index in [1.54, 1.807) is 0 Å². The van der Waals surface area contributed by atoms with Crippen molar-refractivity contribution < 1.29 is 4.55 Å². The fraction of sp³-hybridized carbons (Fsp3) is 0.360. The summed E-state index contributed by atoms with van der Waals surface area (Å²) >= 11 is -1.06. The molecule has 174 valence electrons. The average molecular weight is 474 g/mol. The zero-order chi connectivity index (χ0) is 23.2. The summed E-state index contributed by atoms with van der Waals surface area (Å²) in [7, 11) is 0. The molecule has 1 aromatic carbocycles. The van der Waals surface area contributed by atoms with E-state index >= 15 is 0 Å². The van der Waals surface area contributed by atoms with Gasteiger partial charge in [0.2, 0.25) is 10.8 Å². The van der Waals surface area contributed by atoms with E-state index in [4.69, 9.17) is 9.97 Å². The van der Waals surface area contributed by atoms with Crippen LogP contribution in [0.5, 0.6) is 0 Å². The Morgan fingerprint density at radius 2 is 2.03 bits per heavy atom. The first-order valence-electron chi connectivity index (χ1n) is 11.7. The molecule has 0 saturated carbocycles. The maximum Gasteiger partial charge on any atom is 0.227 e. The van der Waals surface area contributed by atoms with E-state index in [0.717, 1.165) is 71.3 Å². The Bertz CT molecular complexity index is 1360. The van der Waals surface area contributed by atoms with Gasteiger partial charge in [-0.05, 0) is 61.6 Å². The normalized spacial score (nSPS) is 20.0. The highest BCUT2D eigenvalue weighted by Gasteiger charge is 2.33. The highest BCUT2D eigenvalue weighted by molar-refractivity contribution is 7.91. The summed E-state index contributed by atoms with van der Waals surface area (Å²) < 4.78 is 14.7. The lowest BCUT2D eigenvalue weighted by molar-refractivity contribution is 0.493. The molecule has 0 bridgehead atoms. The number of nitrogens with zero attached hydrogens (tertiary/aromatic N) is 6. The van der Waals surface area contributed by atoms with Gasteiger partial charge in [0.15, 0.2) is 11.3 Å². The molecule has 0 aliphatic carbocycles. The van der Waals surface area contributed by atoms with Crippen LogP contribution in [0.25, 0.3) is 5.69 Å². The molecule has 1 atom stereocenters. The van der Waals surface area contributed by atoms with Gasteiger partial charge in [-0.2, -0.15) is 10.1 Å². The van der Waals surface area contributed by atoms with Crippen LogP contribution in [0.3, 0.4) is 0 Å². The smallest absolute Gasteiger partial charge is 0.227 e. The summed E-state index contributed by atoms with van der Waals surface area (Å²) in [6, 6.07) is 12.3. The molecule has 4 aliphatic rings. The third-order valence-electron chi connectivity index (χ3n) is 6.83. The molecular weight excluding hydrogens is 446 g/mol. The summed E-state index contributed by atoms with van der Waals surface area (Å²) in [5.41, 5.74) is 6.20. The van der Waals surface area contributed by atoms with Crippen LogP contribution >= 0.6 is 0 Å². The molecule has 5 heterocycles. The minimum atomic E-state index is -1.06. The fourth-order valence-electron chi connectivity index (χ4n) is 4.75. The van der Waals surface area contributed by atoms with Crippen LogP contribution < -0.4 is 15.7 Å². The van der Waals surface area contributed by atoms with E-state index in [1.807, 2.05) is 29.0 Å². The van der Waals surface area contributed by atoms with E-state index in [-0.39, 0.29) is 0 Å². The van der Waals surface area contributed by atoms with Crippen molar-refractivity contribution >= 4 is 34.3 Å². The molecule has 8 nitrogen and oxygen atoms in total. The third-order valence-corrected chi connectivity index (χ3v) is 8.29. The second kappa shape index (κ2) is 8.56. The highest BCUT2D eigenvalue weighted by Crippen LogP contribution is 2.34. The quantitative estimate of drug-likeness (QED) is 0.272. The molecule has 6 rings (SSSR count). The minimum absolute atomic E-state index is 0.405. The standard InChI is InChI=1S/C25H27N7OS/c1-16-4-3-5-19(14-16)26-24-23-21(9-13-34(23)33)27-25(28-24)31-10-6-18(7-11-31)17(2)29-30-22-15-20-8-12-32(20)22/h3-5,8,12,14-15,18H,6-7,9-11,13H2,1-2H3,(H,26,27,28)/b29-17+,30-22-. The molecule has 1 saturated heterocycles. The van der Waals surface area contributed by atoms with E-state index in [1.165, 1.54) is 5.69 Å². The monoisotopic (exact) mass is 473 g/mol. The Hall–Kier alpha value is -3.17. The number of aryl methyl sites for hydroxylation is 2. The van der Waals surface area contributed by atoms with Gasteiger partial charge in [-0.1, -0.05) is 12.1 Å². The summed E-state index contributed by atoms with van der Waals surface area (Å²) in [6.45, 7) is 5.85. The molecule has 0 spiro atoms. The van der Waals surface area contributed by atoms with Gasteiger partial charge in [-0.25, -0.2) is 4.98 Å². The lowest BCUT2D eigenvalue weighted by Gasteiger charge is -2.32. The van der Waals surface area contributed by atoms with Crippen molar-refractivity contribution in [1.82, 2.24) is 14.5 Å². The van der Waals surface area contributed by atoms with Gasteiger partial charge in [-0.15, -0.1) is 5.10 Å². The summed E-state index contributed by atoms with van der Waals surface area (Å²) in [5, 5.41) is 12.3. The van der Waals surface area contributed by atoms with Gasteiger partial charge in [-0.3, -0.25) is 0 Å². The van der Waals surface area contributed by atoms with Crippen molar-refractivity contribution in [3.63, 3.8) is 0 Å². The molecule has 1 fully saturated rings. The Kier molecular flexibility index (Phi) is 5.38. The second-order valence-corrected chi connectivity index (χ2v) is 10.7. The van der Waals surface area contributed by atoms with Crippen LogP contribution in [0, 0.1) is 12.8 Å². The first-order chi connectivity index (χ1) is 16.5. The molecule has 9 heteroatoms. The predicted octanol–water partition coefficient (Wildman–Crippen LogP) is 3.49. The first-order valence-corrected chi connectivity index (χ1v) is 13.1. The molecule has 2 aromatic rings. The Morgan fingerprint density at radius 3 is 2.74 bits per heavy atom. The Morgan fingerprint density at radius 1 is 1.18 bits per heavy atom. The summed E-state index contributed by atoms with van der Waals surface area (Å²) in [5.74, 6) is 2.41. The fourth-order valence-corrected chi connectivity index (χ4v) is 6.06. The number of rotatable bonds is 5. The summed E-state index contributed by atoms with van der Waals surface area (Å²) in [6.07, 6.45) is 4.70. The zero-order valence-corrected chi connectivity index (χ0v) is 20.2. The van der Waals surface area contributed by atoms with Crippen molar-refractivity contribution in [3.8, 4) is 5.69 Å². The topological polar surface area (TPSA) is 93.8 Å². The third kappa shape index (κ3) is 3.88. The van der Waals surface area contributed by atoms with Crippen LogP contribution in [-0.2, 0) is 17.6 Å². The van der Waals surface area contributed by atoms with E-state index in [2.05, 4.69) is 52.5 Å². The van der Waals surface area contributed by atoms with Crippen LogP contribution in [0.1, 0.15) is 31.0 Å². The van der Waals surface area contributed by atoms with Crippen molar-refractivity contribution in [1.29, 1.82) is 0 Å². The number of fused-ring (bicyclic) bond motifs is 2. The summed E-state index contributed by atoms with van der Waals surface area (Å²) in [4.78, 5) is 12.7. The number of benzene rings is 1. The predicted molar refractivity (Wildman–Crippen MR) is 134 cm³/mol. The van der Waals surface area contributed by atoms with Crippen LogP contribution in [0.4, 0.5) is 17.5 Å². The van der Waals surface area contributed by atoms with E-state index in [0.29, 0.717) is 17.5 Å². The minimum Gasteiger partial charge on any atom is -0.611 e. The molecule has 0 radical (unpaired) electrons. The number of aromatic nitrogens is 3. The molecule has 1 N–H and O–H groups in total. The van der Waals surface area contributed by atoms with Crippen molar-refractivity contribution in [3.05, 3.63) is 59.3 Å². The molecule has 34 heavy (non-hydrogen) atoms. The van der Waals surface area contributed by atoms with Gasteiger partial charge in [0.1, 0.15) is 11.4 Å². The van der Waals surface area contributed by atoms with Crippen LogP contribution in [0.2, 0.25) is 0 Å². The zero-order valence-electron chi connectivity index (χ0n) is 19.4. The van der Waals surface area contributed by atoms with Gasteiger partial charge in [0, 0.05) is 49.1 Å². The molecule has 0 amide bonds. The SMILES string of the molecule is C/C(=N\N=c1\cc2ccn1-2)C1CCN(c2nc3c(c(Nc4cccc(C)c4)n2)[S+]([O-])CC3)CC1. The maximum absolute atomic E-state index is 12.7. The van der Waals surface area contributed by atoms with Crippen molar-refractivity contribution in [2.45, 2.75) is 38.0 Å². The van der Waals surface area contributed by atoms with Crippen molar-refractivity contribution in [2.75, 3.05) is 29.1 Å². The number of hydrogen-bond acceptors (Lipinski definition) is 7. The van der Waals surface area contributed by atoms with Crippen LogP contribution in [-0.4, -0.2) is 43.6 Å². The molecule has 1 aromatic heterocycles. The van der Waals surface area contributed by atoms with Gasteiger partial charge >= 0.3 is 0 Å². The lowest BCUT2D eigenvalue weighted by Crippen LogP contribution is -2.37. The van der Waals surface area contributed by atoms with E-state index in [9.17, 15) is 4.55 Å². The van der Waals surface area contributed by atoms with E-state index < -0.39 is 11.2 Å². The molecule has 4 aliphatic heterocycles. The lowest BCUT2D eigenvalue weighted by atomic mass is 9.93. The molecular formula is C25H27N7OS. The van der Waals surface area contributed by atoms with Crippen LogP contribution in [0.15, 0.2) is 57.7 Å². The Balaban J connectivity index is 1.19. The number of anilines is 3. The second-order valence-electron chi connectivity index (χ2n) is 9.16. The maximum atomic E-state index is 12.7.